The Labute approximate surface area is 277 Å². The van der Waals surface area contributed by atoms with Crippen LogP contribution in [0.5, 0.6) is 5.75 Å². The molecule has 1 aliphatic heterocycles. The van der Waals surface area contributed by atoms with Crippen molar-refractivity contribution in [2.24, 2.45) is 5.92 Å². The van der Waals surface area contributed by atoms with Crippen LogP contribution in [-0.4, -0.2) is 85.8 Å². The Morgan fingerprint density at radius 2 is 1.83 bits per heavy atom. The number of nitrogens with one attached hydrogen (secondary N) is 1. The summed E-state index contributed by atoms with van der Waals surface area (Å²) in [6.45, 7) is 7.80. The first kappa shape index (κ1) is 35.6. The number of halogens is 1. The van der Waals surface area contributed by atoms with Gasteiger partial charge in [0.25, 0.3) is 15.9 Å². The number of carbonyl (C=O) groups excluding carboxylic acids is 1. The predicted octanol–water partition coefficient (Wildman–Crippen LogP) is 5.46. The molecular weight excluding hydrogens is 628 g/mol. The number of hydrogen-bond acceptors (Lipinski definition) is 8. The van der Waals surface area contributed by atoms with E-state index in [0.29, 0.717) is 30.5 Å². The zero-order chi connectivity index (χ0) is 33.3. The fourth-order valence-corrected chi connectivity index (χ4v) is 6.62. The fourth-order valence-electron chi connectivity index (χ4n) is 5.45. The molecule has 0 unspecified atom stereocenters. The molecule has 0 bridgehead atoms. The molecule has 0 radical (unpaired) electrons. The second kappa shape index (κ2) is 16.6. The highest BCUT2D eigenvalue weighted by molar-refractivity contribution is 7.92. The molecule has 2 aromatic carbocycles. The first-order valence-corrected chi connectivity index (χ1v) is 17.5. The summed E-state index contributed by atoms with van der Waals surface area (Å²) in [5.74, 6) is -0.101. The van der Waals surface area contributed by atoms with Crippen LogP contribution in [-0.2, 0) is 21.3 Å². The number of ether oxygens (including phenoxy) is 2. The summed E-state index contributed by atoms with van der Waals surface area (Å²) >= 11 is 5.95. The van der Waals surface area contributed by atoms with E-state index in [0.717, 1.165) is 31.4 Å². The summed E-state index contributed by atoms with van der Waals surface area (Å²) in [4.78, 5) is 22.3. The highest BCUT2D eigenvalue weighted by Crippen LogP contribution is 2.30. The van der Waals surface area contributed by atoms with Crippen LogP contribution in [0, 0.1) is 5.92 Å². The summed E-state index contributed by atoms with van der Waals surface area (Å²) in [6.07, 6.45) is 5.67. The molecule has 46 heavy (non-hydrogen) atoms. The van der Waals surface area contributed by atoms with Crippen molar-refractivity contribution >= 4 is 33.2 Å². The molecule has 1 aromatic heterocycles. The number of aromatic nitrogens is 1. The van der Waals surface area contributed by atoms with Gasteiger partial charge in [0.15, 0.2) is 0 Å². The van der Waals surface area contributed by atoms with E-state index in [-0.39, 0.29) is 46.8 Å². The lowest BCUT2D eigenvalue weighted by molar-refractivity contribution is -0.0177. The average molecular weight is 673 g/mol. The number of pyridine rings is 1. The highest BCUT2D eigenvalue weighted by Gasteiger charge is 2.30. The van der Waals surface area contributed by atoms with E-state index in [1.165, 1.54) is 30.3 Å². The number of sulfonamides is 1. The molecule has 3 aromatic rings. The van der Waals surface area contributed by atoms with Crippen LogP contribution in [0.15, 0.2) is 71.9 Å². The minimum atomic E-state index is -3.96. The van der Waals surface area contributed by atoms with E-state index < -0.39 is 16.1 Å². The maximum Gasteiger partial charge on any atom is 0.261 e. The Hall–Kier alpha value is -3.22. The molecule has 0 aliphatic carbocycles. The van der Waals surface area contributed by atoms with Crippen LogP contribution >= 0.6 is 11.6 Å². The van der Waals surface area contributed by atoms with Crippen LogP contribution in [0.25, 0.3) is 0 Å². The maximum atomic E-state index is 14.3. The Kier molecular flexibility index (Phi) is 12.8. The number of fused-ring (bicyclic) bond motifs is 1. The molecule has 4 atom stereocenters. The van der Waals surface area contributed by atoms with Crippen molar-refractivity contribution in [3.05, 3.63) is 83.1 Å². The van der Waals surface area contributed by atoms with Crippen molar-refractivity contribution in [1.29, 1.82) is 0 Å². The van der Waals surface area contributed by atoms with E-state index in [4.69, 9.17) is 21.1 Å². The van der Waals surface area contributed by atoms with E-state index in [1.54, 1.807) is 36.4 Å². The Balaban J connectivity index is 1.64. The van der Waals surface area contributed by atoms with Gasteiger partial charge < -0.3 is 19.5 Å². The fraction of sp³-hybridized carbons (Fsp3) is 0.471. The molecule has 0 saturated carbocycles. The molecule has 0 spiro atoms. The number of aliphatic hydroxyl groups excluding tert-OH is 1. The first-order chi connectivity index (χ1) is 22.0. The number of amides is 1. The number of anilines is 1. The van der Waals surface area contributed by atoms with E-state index in [1.807, 2.05) is 26.1 Å². The number of nitrogens with zero attached hydrogens (tertiary/aromatic N) is 3. The second-order valence-electron chi connectivity index (χ2n) is 12.1. The average Bonchev–Trinajstić information content (AvgIpc) is 3.03. The van der Waals surface area contributed by atoms with E-state index >= 15 is 0 Å². The van der Waals surface area contributed by atoms with Gasteiger partial charge in [-0.25, -0.2) is 8.42 Å². The molecule has 2 heterocycles. The van der Waals surface area contributed by atoms with Crippen molar-refractivity contribution in [3.63, 3.8) is 0 Å². The predicted molar refractivity (Wildman–Crippen MR) is 180 cm³/mol. The standard InChI is InChI=1S/C34H45ClN4O6S/c1-24-20-39(25(2)23-40)34(41)31-19-29(37-46(42,43)30-11-8-28(35)9-12-30)10-13-32(31)45-26(3)7-5-6-18-44-33(24)22-38(4)21-27-14-16-36-17-15-27/h8-17,19,24-26,33,37,40H,5-7,18,20-23H2,1-4H3/t24-,25+,26+,33-/m0/s1. The third-order valence-electron chi connectivity index (χ3n) is 8.12. The number of rotatable bonds is 9. The third kappa shape index (κ3) is 9.89. The molecule has 2 N–H and O–H groups in total. The van der Waals surface area contributed by atoms with Gasteiger partial charge in [0, 0.05) is 55.3 Å². The van der Waals surface area contributed by atoms with Gasteiger partial charge in [0.05, 0.1) is 35.3 Å². The van der Waals surface area contributed by atoms with Crippen LogP contribution in [0.2, 0.25) is 5.02 Å². The number of carbonyl (C=O) groups is 1. The van der Waals surface area contributed by atoms with Gasteiger partial charge in [-0.3, -0.25) is 19.4 Å². The van der Waals surface area contributed by atoms with Crippen molar-refractivity contribution < 1.29 is 27.8 Å². The zero-order valence-electron chi connectivity index (χ0n) is 26.9. The monoisotopic (exact) mass is 672 g/mol. The van der Waals surface area contributed by atoms with Crippen molar-refractivity contribution in [3.8, 4) is 5.75 Å². The van der Waals surface area contributed by atoms with Crippen molar-refractivity contribution in [2.45, 2.75) is 69.7 Å². The lowest BCUT2D eigenvalue weighted by Crippen LogP contribution is -2.47. The normalized spacial score (nSPS) is 20.8. The third-order valence-corrected chi connectivity index (χ3v) is 9.77. The van der Waals surface area contributed by atoms with Gasteiger partial charge in [-0.1, -0.05) is 18.5 Å². The summed E-state index contributed by atoms with van der Waals surface area (Å²) < 4.78 is 41.6. The van der Waals surface area contributed by atoms with Gasteiger partial charge >= 0.3 is 0 Å². The minimum Gasteiger partial charge on any atom is -0.490 e. The molecule has 4 rings (SSSR count). The van der Waals surface area contributed by atoms with Crippen molar-refractivity contribution in [2.75, 3.05) is 38.1 Å². The quantitative estimate of drug-likeness (QED) is 0.307. The van der Waals surface area contributed by atoms with Crippen LogP contribution in [0.4, 0.5) is 5.69 Å². The number of likely N-dealkylation sites (N-methyl/N-ethyl adjacent to an activating group) is 1. The molecule has 0 saturated heterocycles. The second-order valence-corrected chi connectivity index (χ2v) is 14.2. The van der Waals surface area contributed by atoms with Gasteiger partial charge in [0.2, 0.25) is 0 Å². The molecule has 12 heteroatoms. The molecule has 1 amide bonds. The lowest BCUT2D eigenvalue weighted by Gasteiger charge is -2.36. The molecule has 10 nitrogen and oxygen atoms in total. The molecule has 1 aliphatic rings. The largest absolute Gasteiger partial charge is 0.490 e. The van der Waals surface area contributed by atoms with Crippen molar-refractivity contribution in [1.82, 2.24) is 14.8 Å². The summed E-state index contributed by atoms with van der Waals surface area (Å²) in [6, 6.07) is 14.0. The first-order valence-electron chi connectivity index (χ1n) is 15.7. The number of hydrogen-bond donors (Lipinski definition) is 2. The summed E-state index contributed by atoms with van der Waals surface area (Å²) in [7, 11) is -1.91. The minimum absolute atomic E-state index is 0.0393. The number of aliphatic hydroxyl groups is 1. The Morgan fingerprint density at radius 1 is 1.11 bits per heavy atom. The van der Waals surface area contributed by atoms with Gasteiger partial charge in [0.1, 0.15) is 5.75 Å². The summed E-state index contributed by atoms with van der Waals surface area (Å²) in [5.41, 5.74) is 1.56. The number of benzene rings is 2. The van der Waals surface area contributed by atoms with Crippen LogP contribution in [0.3, 0.4) is 0 Å². The van der Waals surface area contributed by atoms with Gasteiger partial charge in [-0.15, -0.1) is 0 Å². The van der Waals surface area contributed by atoms with Crippen LogP contribution < -0.4 is 9.46 Å². The highest BCUT2D eigenvalue weighted by atomic mass is 35.5. The van der Waals surface area contributed by atoms with E-state index in [2.05, 4.69) is 21.5 Å². The SMILES string of the molecule is C[C@@H]1CCCCO[C@@H](CN(C)Cc2ccncc2)[C@@H](C)CN([C@H](C)CO)C(=O)c2cc(NS(=O)(=O)c3ccc(Cl)cc3)ccc2O1. The molecule has 0 fully saturated rings. The zero-order valence-corrected chi connectivity index (χ0v) is 28.5. The maximum absolute atomic E-state index is 14.3. The topological polar surface area (TPSA) is 121 Å². The van der Waals surface area contributed by atoms with Crippen LogP contribution in [0.1, 0.15) is 56.0 Å². The summed E-state index contributed by atoms with van der Waals surface area (Å²) in [5, 5.41) is 10.6. The lowest BCUT2D eigenvalue weighted by atomic mass is 10.0. The molecular formula is C34H45ClN4O6S. The van der Waals surface area contributed by atoms with Gasteiger partial charge in [-0.05, 0) is 100 Å². The Morgan fingerprint density at radius 3 is 2.52 bits per heavy atom. The smallest absolute Gasteiger partial charge is 0.261 e. The Bertz CT molecular complexity index is 1530. The molecule has 250 valence electrons. The van der Waals surface area contributed by atoms with Gasteiger partial charge in [-0.2, -0.15) is 0 Å². The van der Waals surface area contributed by atoms with E-state index in [9.17, 15) is 18.3 Å².